The Morgan fingerprint density at radius 2 is 1.87 bits per heavy atom. The molecule has 10 heteroatoms. The average Bonchev–Trinajstić information content (AvgIpc) is 2.85. The maximum absolute atomic E-state index is 16.1. The van der Waals surface area contributed by atoms with Gasteiger partial charge in [-0.15, -0.1) is 0 Å². The highest BCUT2D eigenvalue weighted by atomic mass is 19.4. The second-order valence-electron chi connectivity index (χ2n) is 10.4. The highest BCUT2D eigenvalue weighted by molar-refractivity contribution is 6.01. The van der Waals surface area contributed by atoms with E-state index >= 15 is 4.39 Å². The standard InChI is InChI=1S/C28H27F4N3O3/c1-26(29)16-35(15-17-2-4-20(5-3-17)28(30,31)32)11-10-27(26,38)21-6-8-23-18(13-21)12-19(14-33-23)22-7-9-24(36)34-25(22)37/h2-6,8,12-14,22,38H,7,9-11,15-16H2,1H3,(H,34,36,37)/t22?,26-,27-/m1/s1. The van der Waals surface area contributed by atoms with Gasteiger partial charge >= 0.3 is 6.18 Å². The van der Waals surface area contributed by atoms with Crippen LogP contribution in [0.5, 0.6) is 0 Å². The molecule has 2 aliphatic heterocycles. The van der Waals surface area contributed by atoms with E-state index in [2.05, 4.69) is 10.3 Å². The number of aromatic nitrogens is 1. The largest absolute Gasteiger partial charge is 0.416 e. The molecule has 3 atom stereocenters. The Morgan fingerprint density at radius 1 is 1.13 bits per heavy atom. The molecule has 0 spiro atoms. The summed E-state index contributed by atoms with van der Waals surface area (Å²) in [6, 6.07) is 11.6. The quantitative estimate of drug-likeness (QED) is 0.382. The molecule has 2 aromatic carbocycles. The van der Waals surface area contributed by atoms with E-state index in [0.29, 0.717) is 40.6 Å². The molecule has 0 radical (unpaired) electrons. The zero-order valence-electron chi connectivity index (χ0n) is 20.7. The average molecular weight is 530 g/mol. The van der Waals surface area contributed by atoms with Gasteiger partial charge in [0.25, 0.3) is 0 Å². The van der Waals surface area contributed by atoms with Crippen molar-refractivity contribution in [2.45, 2.75) is 56.1 Å². The minimum absolute atomic E-state index is 0.0758. The van der Waals surface area contributed by atoms with Crippen LogP contribution in [-0.2, 0) is 27.9 Å². The zero-order valence-corrected chi connectivity index (χ0v) is 20.7. The summed E-state index contributed by atoms with van der Waals surface area (Å²) in [7, 11) is 0. The topological polar surface area (TPSA) is 82.5 Å². The number of rotatable bonds is 4. The first kappa shape index (κ1) is 26.2. The molecule has 3 heterocycles. The van der Waals surface area contributed by atoms with Crippen LogP contribution in [0.15, 0.2) is 54.7 Å². The number of pyridine rings is 1. The number of likely N-dealkylation sites (tertiary alicyclic amines) is 1. The zero-order chi connectivity index (χ0) is 27.3. The maximum Gasteiger partial charge on any atom is 0.416 e. The predicted octanol–water partition coefficient (Wildman–Crippen LogP) is 4.60. The second-order valence-corrected chi connectivity index (χ2v) is 10.4. The van der Waals surface area contributed by atoms with E-state index in [9.17, 15) is 27.9 Å². The van der Waals surface area contributed by atoms with Crippen molar-refractivity contribution < 1.29 is 32.3 Å². The van der Waals surface area contributed by atoms with Crippen LogP contribution in [0.1, 0.15) is 54.4 Å². The van der Waals surface area contributed by atoms with E-state index < -0.39 is 28.9 Å². The van der Waals surface area contributed by atoms with Gasteiger partial charge in [0.1, 0.15) is 5.60 Å². The van der Waals surface area contributed by atoms with Crippen LogP contribution in [0.2, 0.25) is 0 Å². The van der Waals surface area contributed by atoms with Crippen LogP contribution < -0.4 is 5.32 Å². The fourth-order valence-corrected chi connectivity index (χ4v) is 5.46. The molecule has 2 saturated heterocycles. The molecule has 6 nitrogen and oxygen atoms in total. The second kappa shape index (κ2) is 9.43. The van der Waals surface area contributed by atoms with Crippen molar-refractivity contribution in [1.29, 1.82) is 0 Å². The van der Waals surface area contributed by atoms with Crippen LogP contribution in [0.4, 0.5) is 17.6 Å². The summed E-state index contributed by atoms with van der Waals surface area (Å²) in [6.07, 6.45) is -2.14. The number of carbonyl (C=O) groups excluding carboxylic acids is 2. The van der Waals surface area contributed by atoms with Crippen molar-refractivity contribution in [3.63, 3.8) is 0 Å². The first-order valence-corrected chi connectivity index (χ1v) is 12.4. The summed E-state index contributed by atoms with van der Waals surface area (Å²) in [5.74, 6) is -1.21. The Bertz CT molecular complexity index is 1390. The van der Waals surface area contributed by atoms with Gasteiger partial charge in [-0.3, -0.25) is 24.8 Å². The summed E-state index contributed by atoms with van der Waals surface area (Å²) < 4.78 is 54.6. The number of hydrogen-bond donors (Lipinski definition) is 2. The van der Waals surface area contributed by atoms with E-state index in [1.165, 1.54) is 19.1 Å². The van der Waals surface area contributed by atoms with Gasteiger partial charge < -0.3 is 5.11 Å². The number of carbonyl (C=O) groups is 2. The number of halogens is 4. The molecule has 0 aliphatic carbocycles. The summed E-state index contributed by atoms with van der Waals surface area (Å²) in [6.45, 7) is 1.81. The van der Waals surface area contributed by atoms with Crippen molar-refractivity contribution in [3.8, 4) is 0 Å². The molecule has 1 aromatic heterocycles. The number of benzene rings is 2. The van der Waals surface area contributed by atoms with Gasteiger partial charge in [-0.2, -0.15) is 13.2 Å². The number of alkyl halides is 4. The van der Waals surface area contributed by atoms with Crippen molar-refractivity contribution in [2.75, 3.05) is 13.1 Å². The van der Waals surface area contributed by atoms with Gasteiger partial charge in [0.05, 0.1) is 17.0 Å². The number of piperidine rings is 2. The smallest absolute Gasteiger partial charge is 0.382 e. The first-order valence-electron chi connectivity index (χ1n) is 12.4. The molecule has 2 amide bonds. The van der Waals surface area contributed by atoms with Crippen LogP contribution in [0.3, 0.4) is 0 Å². The molecule has 2 N–H and O–H groups in total. The van der Waals surface area contributed by atoms with Crippen LogP contribution in [0.25, 0.3) is 10.9 Å². The lowest BCUT2D eigenvalue weighted by atomic mass is 9.74. The molecule has 2 aliphatic rings. The fourth-order valence-electron chi connectivity index (χ4n) is 5.46. The van der Waals surface area contributed by atoms with Gasteiger partial charge in [-0.25, -0.2) is 4.39 Å². The van der Waals surface area contributed by atoms with Crippen molar-refractivity contribution in [1.82, 2.24) is 15.2 Å². The number of aliphatic hydroxyl groups is 1. The third kappa shape index (κ3) is 4.90. The van der Waals surface area contributed by atoms with E-state index in [1.807, 2.05) is 0 Å². The Labute approximate surface area is 216 Å². The van der Waals surface area contributed by atoms with Crippen LogP contribution in [-0.4, -0.2) is 45.6 Å². The Hall–Kier alpha value is -3.37. The van der Waals surface area contributed by atoms with Gasteiger partial charge in [0.15, 0.2) is 5.67 Å². The van der Waals surface area contributed by atoms with Crippen molar-refractivity contribution >= 4 is 22.7 Å². The summed E-state index contributed by atoms with van der Waals surface area (Å²) in [5, 5.41) is 14.6. The van der Waals surface area contributed by atoms with E-state index in [1.54, 1.807) is 35.4 Å². The molecule has 0 bridgehead atoms. The summed E-state index contributed by atoms with van der Waals surface area (Å²) in [5.41, 5.74) is -2.34. The Morgan fingerprint density at radius 3 is 2.53 bits per heavy atom. The molecular weight excluding hydrogens is 502 g/mol. The van der Waals surface area contributed by atoms with Gasteiger partial charge in [0, 0.05) is 37.6 Å². The lowest BCUT2D eigenvalue weighted by Gasteiger charge is -2.47. The van der Waals surface area contributed by atoms with Gasteiger partial charge in [-0.05, 0) is 66.8 Å². The Balaban J connectivity index is 1.36. The molecule has 1 unspecified atom stereocenters. The normalized spacial score (nSPS) is 26.9. The SMILES string of the molecule is C[C@@]1(F)CN(Cc2ccc(C(F)(F)F)cc2)CC[C@@]1(O)c1ccc2ncc(C3CCC(=O)NC3=O)cc2c1. The van der Waals surface area contributed by atoms with Crippen molar-refractivity contribution in [2.24, 2.45) is 0 Å². The molecule has 5 rings (SSSR count). The third-order valence-corrected chi connectivity index (χ3v) is 7.68. The Kier molecular flexibility index (Phi) is 6.51. The van der Waals surface area contributed by atoms with E-state index in [4.69, 9.17) is 0 Å². The highest BCUT2D eigenvalue weighted by Crippen LogP contribution is 2.44. The number of nitrogens with zero attached hydrogens (tertiary/aromatic N) is 2. The predicted molar refractivity (Wildman–Crippen MR) is 132 cm³/mol. The number of amides is 2. The van der Waals surface area contributed by atoms with Gasteiger partial charge in [-0.1, -0.05) is 18.2 Å². The molecular formula is C28H27F4N3O3. The molecule has 3 aromatic rings. The number of nitrogens with one attached hydrogen (secondary N) is 1. The molecule has 200 valence electrons. The van der Waals surface area contributed by atoms with Gasteiger partial charge in [0.2, 0.25) is 11.8 Å². The molecule has 0 saturated carbocycles. The van der Waals surface area contributed by atoms with Crippen LogP contribution in [0, 0.1) is 0 Å². The lowest BCUT2D eigenvalue weighted by molar-refractivity contribution is -0.148. The molecule has 2 fully saturated rings. The van der Waals surface area contributed by atoms with Crippen molar-refractivity contribution in [3.05, 3.63) is 77.0 Å². The van der Waals surface area contributed by atoms with E-state index in [-0.39, 0.29) is 37.7 Å². The highest BCUT2D eigenvalue weighted by Gasteiger charge is 2.52. The fraction of sp³-hybridized carbons (Fsp3) is 0.393. The summed E-state index contributed by atoms with van der Waals surface area (Å²) >= 11 is 0. The first-order chi connectivity index (χ1) is 17.9. The monoisotopic (exact) mass is 529 g/mol. The number of imide groups is 1. The minimum atomic E-state index is -4.42. The maximum atomic E-state index is 16.1. The number of hydrogen-bond acceptors (Lipinski definition) is 5. The summed E-state index contributed by atoms with van der Waals surface area (Å²) in [4.78, 5) is 30.0. The molecule has 38 heavy (non-hydrogen) atoms. The lowest BCUT2D eigenvalue weighted by Crippen LogP contribution is -2.58. The third-order valence-electron chi connectivity index (χ3n) is 7.68. The minimum Gasteiger partial charge on any atom is -0.382 e. The van der Waals surface area contributed by atoms with Crippen LogP contribution >= 0.6 is 0 Å². The van der Waals surface area contributed by atoms with E-state index in [0.717, 1.165) is 12.1 Å². The number of fused-ring (bicyclic) bond motifs is 1.